The van der Waals surface area contributed by atoms with Crippen molar-refractivity contribution in [3.05, 3.63) is 48.5 Å². The van der Waals surface area contributed by atoms with Crippen molar-refractivity contribution in [2.24, 2.45) is 5.14 Å². The Labute approximate surface area is 173 Å². The molecule has 0 amide bonds. The molecular weight excluding hydrogens is 419 g/mol. The lowest BCUT2D eigenvalue weighted by Gasteiger charge is -2.29. The summed E-state index contributed by atoms with van der Waals surface area (Å²) >= 11 is 8.45. The van der Waals surface area contributed by atoms with Crippen LogP contribution in [-0.4, -0.2) is 19.3 Å². The number of benzene rings is 2. The molecule has 4 rings (SSSR count). The number of thiazole rings is 2. The number of hydrogen-bond acceptors (Lipinski definition) is 8. The van der Waals surface area contributed by atoms with Gasteiger partial charge in [-0.2, -0.15) is 0 Å². The van der Waals surface area contributed by atoms with Gasteiger partial charge in [-0.25, -0.2) is 9.97 Å². The van der Waals surface area contributed by atoms with Crippen LogP contribution in [0.1, 0.15) is 13.8 Å². The van der Waals surface area contributed by atoms with E-state index in [-0.39, 0.29) is 9.33 Å². The maximum atomic E-state index is 6.02. The first-order valence-corrected chi connectivity index (χ1v) is 12.2. The molecule has 2 heterocycles. The first kappa shape index (κ1) is 18.6. The second kappa shape index (κ2) is 7.69. The second-order valence-corrected chi connectivity index (χ2v) is 12.5. The molecule has 0 spiro atoms. The van der Waals surface area contributed by atoms with Crippen molar-refractivity contribution in [1.29, 1.82) is 0 Å². The molecular formula is C18H17N3S5. The highest BCUT2D eigenvalue weighted by atomic mass is 32.2. The van der Waals surface area contributed by atoms with Gasteiger partial charge in [0.1, 0.15) is 0 Å². The minimum absolute atomic E-state index is 0.120. The van der Waals surface area contributed by atoms with Crippen molar-refractivity contribution < 1.29 is 0 Å². The van der Waals surface area contributed by atoms with Crippen LogP contribution in [-0.2, 0) is 0 Å². The van der Waals surface area contributed by atoms with Crippen molar-refractivity contribution in [2.75, 3.05) is 0 Å². The second-order valence-electron chi connectivity index (χ2n) is 6.18. The monoisotopic (exact) mass is 435 g/mol. The van der Waals surface area contributed by atoms with Gasteiger partial charge in [-0.05, 0) is 38.1 Å². The zero-order valence-electron chi connectivity index (χ0n) is 14.2. The number of hydrogen-bond donors (Lipinski definition) is 1. The molecule has 2 aromatic carbocycles. The molecule has 2 N–H and O–H groups in total. The zero-order chi connectivity index (χ0) is 18.1. The summed E-state index contributed by atoms with van der Waals surface area (Å²) in [5.41, 5.74) is 2.11. The third-order valence-corrected chi connectivity index (χ3v) is 10.5. The van der Waals surface area contributed by atoms with Crippen LogP contribution in [0.4, 0.5) is 0 Å². The Morgan fingerprint density at radius 3 is 1.73 bits per heavy atom. The molecule has 134 valence electrons. The van der Waals surface area contributed by atoms with E-state index in [1.54, 1.807) is 46.2 Å². The highest BCUT2D eigenvalue weighted by molar-refractivity contribution is 8.19. The van der Waals surface area contributed by atoms with E-state index in [1.807, 2.05) is 12.1 Å². The average Bonchev–Trinajstić information content (AvgIpc) is 3.23. The normalized spacial score (nSPS) is 12.5. The topological polar surface area (TPSA) is 51.8 Å². The zero-order valence-corrected chi connectivity index (χ0v) is 18.3. The fourth-order valence-corrected chi connectivity index (χ4v) is 8.32. The lowest BCUT2D eigenvalue weighted by Crippen LogP contribution is -2.29. The van der Waals surface area contributed by atoms with E-state index in [0.29, 0.717) is 0 Å². The predicted octanol–water partition coefficient (Wildman–Crippen LogP) is 6.50. The Kier molecular flexibility index (Phi) is 5.50. The van der Waals surface area contributed by atoms with Gasteiger partial charge < -0.3 is 0 Å². The molecule has 0 radical (unpaired) electrons. The molecule has 3 nitrogen and oxygen atoms in total. The molecule has 0 bridgehead atoms. The molecule has 0 saturated heterocycles. The summed E-state index contributed by atoms with van der Waals surface area (Å²) in [5, 5.41) is 6.02. The van der Waals surface area contributed by atoms with Crippen molar-refractivity contribution in [3.8, 4) is 0 Å². The Morgan fingerprint density at radius 2 is 1.31 bits per heavy atom. The molecule has 8 heteroatoms. The number of para-hydroxylation sites is 2. The first-order valence-electron chi connectivity index (χ1n) is 7.97. The SMILES string of the molecule is CC(C)(SN)C(Sc1nc2ccccc2s1)Sc1nc2ccccc2s1. The molecule has 0 aliphatic carbocycles. The summed E-state index contributed by atoms with van der Waals surface area (Å²) in [6.07, 6.45) is 0. The summed E-state index contributed by atoms with van der Waals surface area (Å²) in [6, 6.07) is 16.5. The molecule has 0 aliphatic heterocycles. The minimum Gasteiger partial charge on any atom is -0.277 e. The van der Waals surface area contributed by atoms with Crippen LogP contribution in [0.25, 0.3) is 20.4 Å². The summed E-state index contributed by atoms with van der Waals surface area (Å²) in [6.45, 7) is 4.37. The fourth-order valence-electron chi connectivity index (χ4n) is 2.35. The van der Waals surface area contributed by atoms with Crippen molar-refractivity contribution in [1.82, 2.24) is 9.97 Å². The first-order chi connectivity index (χ1) is 12.5. The van der Waals surface area contributed by atoms with Gasteiger partial charge in [0.25, 0.3) is 0 Å². The van der Waals surface area contributed by atoms with Gasteiger partial charge in [-0.1, -0.05) is 59.7 Å². The maximum absolute atomic E-state index is 6.02. The third kappa shape index (κ3) is 3.90. The Bertz CT molecular complexity index is 897. The van der Waals surface area contributed by atoms with Crippen molar-refractivity contribution in [2.45, 2.75) is 31.9 Å². The summed E-state index contributed by atoms with van der Waals surface area (Å²) < 4.78 is 4.68. The van der Waals surface area contributed by atoms with E-state index in [1.165, 1.54) is 21.3 Å². The quantitative estimate of drug-likeness (QED) is 0.212. The maximum Gasteiger partial charge on any atom is 0.152 e. The van der Waals surface area contributed by atoms with Gasteiger partial charge in [0.2, 0.25) is 0 Å². The molecule has 0 saturated carbocycles. The van der Waals surface area contributed by atoms with Crippen LogP contribution < -0.4 is 5.14 Å². The average molecular weight is 436 g/mol. The van der Waals surface area contributed by atoms with Crippen molar-refractivity contribution in [3.63, 3.8) is 0 Å². The van der Waals surface area contributed by atoms with E-state index < -0.39 is 0 Å². The van der Waals surface area contributed by atoms with Crippen molar-refractivity contribution >= 4 is 78.6 Å². The van der Waals surface area contributed by atoms with Crippen LogP contribution in [0.15, 0.2) is 57.2 Å². The highest BCUT2D eigenvalue weighted by Gasteiger charge is 2.33. The summed E-state index contributed by atoms with van der Waals surface area (Å²) in [4.78, 5) is 9.57. The standard InChI is InChI=1S/C18H17N3S5/c1-18(2,26-19)15(24-16-20-11-7-3-5-9-13(11)22-16)25-17-21-12-8-4-6-10-14(12)23-17/h3-10,15H,19H2,1-2H3. The Morgan fingerprint density at radius 1 is 0.846 bits per heavy atom. The molecule has 2 aromatic heterocycles. The van der Waals surface area contributed by atoms with Crippen LogP contribution in [0.2, 0.25) is 0 Å². The lowest BCUT2D eigenvalue weighted by molar-refractivity contribution is 0.785. The molecule has 26 heavy (non-hydrogen) atoms. The number of nitrogens with two attached hydrogens (primary N) is 1. The molecule has 4 aromatic rings. The van der Waals surface area contributed by atoms with Gasteiger partial charge in [-0.15, -0.1) is 22.7 Å². The van der Waals surface area contributed by atoms with Gasteiger partial charge in [-0.3, -0.25) is 5.14 Å². The van der Waals surface area contributed by atoms with Crippen LogP contribution in [0.5, 0.6) is 0 Å². The van der Waals surface area contributed by atoms with Gasteiger partial charge >= 0.3 is 0 Å². The number of aromatic nitrogens is 2. The Hall–Kier alpha value is -0.770. The largest absolute Gasteiger partial charge is 0.277 e. The van der Waals surface area contributed by atoms with E-state index >= 15 is 0 Å². The van der Waals surface area contributed by atoms with Gasteiger partial charge in [0, 0.05) is 4.75 Å². The molecule has 0 fully saturated rings. The smallest absolute Gasteiger partial charge is 0.152 e. The highest BCUT2D eigenvalue weighted by Crippen LogP contribution is 2.48. The lowest BCUT2D eigenvalue weighted by atomic mass is 10.2. The number of fused-ring (bicyclic) bond motifs is 2. The number of nitrogens with zero attached hydrogens (tertiary/aromatic N) is 2. The molecule has 0 unspecified atom stereocenters. The van der Waals surface area contributed by atoms with Crippen LogP contribution in [0, 0.1) is 0 Å². The number of thioether (sulfide) groups is 2. The van der Waals surface area contributed by atoms with E-state index in [4.69, 9.17) is 15.1 Å². The van der Waals surface area contributed by atoms with Gasteiger partial charge in [0.05, 0.1) is 25.0 Å². The molecule has 0 aliphatic rings. The minimum atomic E-state index is -0.120. The number of rotatable bonds is 6. The van der Waals surface area contributed by atoms with Gasteiger partial charge in [0.15, 0.2) is 8.68 Å². The van der Waals surface area contributed by atoms with E-state index in [0.717, 1.165) is 19.7 Å². The Balaban J connectivity index is 1.63. The summed E-state index contributed by atoms with van der Waals surface area (Å²) in [5.74, 6) is 0. The van der Waals surface area contributed by atoms with E-state index in [9.17, 15) is 0 Å². The molecule has 0 atom stereocenters. The van der Waals surface area contributed by atoms with Crippen LogP contribution in [0.3, 0.4) is 0 Å². The van der Waals surface area contributed by atoms with Crippen LogP contribution >= 0.6 is 58.1 Å². The summed E-state index contributed by atoms with van der Waals surface area (Å²) in [7, 11) is 0. The fraction of sp³-hybridized carbons (Fsp3) is 0.222. The third-order valence-electron chi connectivity index (χ3n) is 3.84. The predicted molar refractivity (Wildman–Crippen MR) is 121 cm³/mol. The van der Waals surface area contributed by atoms with E-state index in [2.05, 4.69) is 50.2 Å².